The van der Waals surface area contributed by atoms with Crippen molar-refractivity contribution in [1.29, 1.82) is 0 Å². The predicted molar refractivity (Wildman–Crippen MR) is 113 cm³/mol. The molecule has 0 saturated heterocycles. The fraction of sp³-hybridized carbons (Fsp3) is 0.684. The number of nitrogens with two attached hydrogens (primary N) is 2. The van der Waals surface area contributed by atoms with Crippen LogP contribution in [0.15, 0.2) is 0 Å². The highest BCUT2D eigenvalue weighted by molar-refractivity contribution is 5.94. The summed E-state index contributed by atoms with van der Waals surface area (Å²) >= 11 is 0. The van der Waals surface area contributed by atoms with Crippen LogP contribution in [0.1, 0.15) is 46.5 Å². The maximum atomic E-state index is 12.7. The molecular weight excluding hydrogens is 442 g/mol. The fourth-order valence-corrected chi connectivity index (χ4v) is 2.57. The molecule has 14 nitrogen and oxygen atoms in total. The largest absolute Gasteiger partial charge is 0.481 e. The number of rotatable bonds is 15. The molecule has 5 atom stereocenters. The van der Waals surface area contributed by atoms with Crippen LogP contribution in [-0.2, 0) is 28.8 Å². The number of hydrogen-bond acceptors (Lipinski definition) is 8. The van der Waals surface area contributed by atoms with Gasteiger partial charge in [0.25, 0.3) is 0 Å². The molecule has 188 valence electrons. The van der Waals surface area contributed by atoms with Gasteiger partial charge in [0.1, 0.15) is 18.1 Å². The van der Waals surface area contributed by atoms with Gasteiger partial charge in [-0.3, -0.25) is 24.0 Å². The zero-order chi connectivity index (χ0) is 25.9. The van der Waals surface area contributed by atoms with E-state index in [-0.39, 0.29) is 18.8 Å². The van der Waals surface area contributed by atoms with E-state index in [0.717, 1.165) is 6.92 Å². The second-order valence-corrected chi connectivity index (χ2v) is 7.89. The quantitative estimate of drug-likeness (QED) is 0.119. The summed E-state index contributed by atoms with van der Waals surface area (Å²) < 4.78 is 0. The summed E-state index contributed by atoms with van der Waals surface area (Å²) in [6.07, 6.45) is -2.96. The molecule has 0 heterocycles. The van der Waals surface area contributed by atoms with E-state index in [1.165, 1.54) is 0 Å². The molecule has 0 aromatic rings. The molecule has 0 spiro atoms. The van der Waals surface area contributed by atoms with Crippen molar-refractivity contribution >= 4 is 35.6 Å². The third-order valence-corrected chi connectivity index (χ3v) is 4.66. The number of nitrogens with one attached hydrogen (secondary N) is 3. The Labute approximate surface area is 190 Å². The predicted octanol–water partition coefficient (Wildman–Crippen LogP) is -2.98. The Kier molecular flexibility index (Phi) is 12.6. The molecule has 10 N–H and O–H groups in total. The monoisotopic (exact) mass is 475 g/mol. The summed E-state index contributed by atoms with van der Waals surface area (Å²) in [5.74, 6) is -6.51. The zero-order valence-corrected chi connectivity index (χ0v) is 18.7. The molecule has 0 fully saturated rings. The minimum Gasteiger partial charge on any atom is -0.481 e. The van der Waals surface area contributed by atoms with Crippen LogP contribution in [0.3, 0.4) is 0 Å². The highest BCUT2D eigenvalue weighted by atomic mass is 16.4. The number of amides is 4. The van der Waals surface area contributed by atoms with Crippen LogP contribution < -0.4 is 27.4 Å². The Hall–Kier alpha value is -3.26. The highest BCUT2D eigenvalue weighted by Gasteiger charge is 2.33. The molecule has 0 aliphatic heterocycles. The third-order valence-electron chi connectivity index (χ3n) is 4.66. The van der Waals surface area contributed by atoms with E-state index in [9.17, 15) is 39.0 Å². The van der Waals surface area contributed by atoms with Crippen LogP contribution in [0.4, 0.5) is 0 Å². The summed E-state index contributed by atoms with van der Waals surface area (Å²) in [5, 5.41) is 34.5. The van der Waals surface area contributed by atoms with Crippen molar-refractivity contribution in [1.82, 2.24) is 16.0 Å². The molecule has 14 heteroatoms. The molecule has 0 aromatic heterocycles. The molecule has 0 aromatic carbocycles. The number of primary amides is 1. The maximum absolute atomic E-state index is 12.7. The maximum Gasteiger partial charge on any atom is 0.326 e. The van der Waals surface area contributed by atoms with Crippen molar-refractivity contribution in [2.75, 3.05) is 0 Å². The first-order valence-corrected chi connectivity index (χ1v) is 10.2. The first-order valence-electron chi connectivity index (χ1n) is 10.2. The number of carbonyl (C=O) groups excluding carboxylic acids is 4. The van der Waals surface area contributed by atoms with Gasteiger partial charge in [0, 0.05) is 12.8 Å². The Morgan fingerprint density at radius 2 is 1.30 bits per heavy atom. The number of carboxylic acids is 2. The van der Waals surface area contributed by atoms with Gasteiger partial charge in [-0.1, -0.05) is 13.8 Å². The molecule has 33 heavy (non-hydrogen) atoms. The normalized spacial score (nSPS) is 15.5. The lowest BCUT2D eigenvalue weighted by atomic mass is 10.0. The molecular formula is C19H33N5O9. The molecule has 0 aliphatic carbocycles. The van der Waals surface area contributed by atoms with E-state index in [4.69, 9.17) is 16.6 Å². The Bertz CT molecular complexity index is 741. The number of aliphatic hydroxyl groups is 1. The molecule has 0 rings (SSSR count). The van der Waals surface area contributed by atoms with E-state index in [1.54, 1.807) is 13.8 Å². The summed E-state index contributed by atoms with van der Waals surface area (Å²) in [4.78, 5) is 70.6. The van der Waals surface area contributed by atoms with Crippen LogP contribution in [-0.4, -0.2) is 81.2 Å². The fourth-order valence-electron chi connectivity index (χ4n) is 2.57. The van der Waals surface area contributed by atoms with Gasteiger partial charge in [-0.2, -0.15) is 0 Å². The number of carboxylic acid groups (broad SMARTS) is 2. The Balaban J connectivity index is 5.49. The van der Waals surface area contributed by atoms with Gasteiger partial charge >= 0.3 is 11.9 Å². The summed E-state index contributed by atoms with van der Waals surface area (Å²) in [6, 6.07) is -5.52. The SMILES string of the molecule is CC(C)C(N)C(=O)NC(CCC(N)=O)C(=O)NC(C(=O)NC(CCC(=O)O)C(=O)O)C(C)O. The Morgan fingerprint density at radius 1 is 0.788 bits per heavy atom. The van der Waals surface area contributed by atoms with Gasteiger partial charge in [0.2, 0.25) is 23.6 Å². The average Bonchev–Trinajstić information content (AvgIpc) is 2.70. The molecule has 0 bridgehead atoms. The van der Waals surface area contributed by atoms with Crippen molar-refractivity contribution in [2.45, 2.75) is 76.7 Å². The molecule has 4 amide bonds. The summed E-state index contributed by atoms with van der Waals surface area (Å²) in [6.45, 7) is 4.52. The van der Waals surface area contributed by atoms with Crippen LogP contribution >= 0.6 is 0 Å². The van der Waals surface area contributed by atoms with Crippen LogP contribution in [0.2, 0.25) is 0 Å². The summed E-state index contributed by atoms with van der Waals surface area (Å²) in [5.41, 5.74) is 10.9. The van der Waals surface area contributed by atoms with Gasteiger partial charge in [-0.05, 0) is 25.7 Å². The lowest BCUT2D eigenvalue weighted by Gasteiger charge is -2.26. The molecule has 0 aliphatic rings. The second kappa shape index (κ2) is 14.0. The lowest BCUT2D eigenvalue weighted by Crippen LogP contribution is -2.60. The highest BCUT2D eigenvalue weighted by Crippen LogP contribution is 2.05. The van der Waals surface area contributed by atoms with Crippen LogP contribution in [0.5, 0.6) is 0 Å². The number of aliphatic carboxylic acids is 2. The molecule has 0 radical (unpaired) electrons. The first-order chi connectivity index (χ1) is 15.2. The van der Waals surface area contributed by atoms with Gasteiger partial charge < -0.3 is 42.7 Å². The van der Waals surface area contributed by atoms with Gasteiger partial charge in [-0.15, -0.1) is 0 Å². The van der Waals surface area contributed by atoms with E-state index in [0.29, 0.717) is 0 Å². The summed E-state index contributed by atoms with van der Waals surface area (Å²) in [7, 11) is 0. The van der Waals surface area contributed by atoms with Crippen molar-refractivity contribution in [3.63, 3.8) is 0 Å². The van der Waals surface area contributed by atoms with E-state index in [2.05, 4.69) is 16.0 Å². The van der Waals surface area contributed by atoms with Crippen molar-refractivity contribution in [3.8, 4) is 0 Å². The van der Waals surface area contributed by atoms with Gasteiger partial charge in [0.15, 0.2) is 0 Å². The standard InChI is InChI=1S/C19H33N5O9/c1-8(2)14(21)17(30)22-10(4-6-12(20)26)16(29)24-15(9(3)25)18(31)23-11(19(32)33)5-7-13(27)28/h8-11,14-15,25H,4-7,21H2,1-3H3,(H2,20,26)(H,22,30)(H,23,31)(H,24,29)(H,27,28)(H,32,33). The number of aliphatic hydroxyl groups excluding tert-OH is 1. The zero-order valence-electron chi connectivity index (χ0n) is 18.7. The first kappa shape index (κ1) is 29.7. The van der Waals surface area contributed by atoms with Crippen LogP contribution in [0, 0.1) is 5.92 Å². The number of hydrogen-bond donors (Lipinski definition) is 8. The van der Waals surface area contributed by atoms with Gasteiger partial charge in [-0.25, -0.2) is 4.79 Å². The third kappa shape index (κ3) is 11.2. The molecule has 0 saturated carbocycles. The van der Waals surface area contributed by atoms with E-state index < -0.39 is 78.7 Å². The van der Waals surface area contributed by atoms with Crippen LogP contribution in [0.25, 0.3) is 0 Å². The molecule has 5 unspecified atom stereocenters. The average molecular weight is 475 g/mol. The van der Waals surface area contributed by atoms with Crippen molar-refractivity contribution in [2.24, 2.45) is 17.4 Å². The minimum absolute atomic E-state index is 0.220. The second-order valence-electron chi connectivity index (χ2n) is 7.89. The van der Waals surface area contributed by atoms with E-state index in [1.807, 2.05) is 0 Å². The smallest absolute Gasteiger partial charge is 0.326 e. The van der Waals surface area contributed by atoms with Crippen molar-refractivity contribution in [3.05, 3.63) is 0 Å². The van der Waals surface area contributed by atoms with Crippen molar-refractivity contribution < 1.29 is 44.1 Å². The topological polar surface area (TPSA) is 251 Å². The Morgan fingerprint density at radius 3 is 1.73 bits per heavy atom. The lowest BCUT2D eigenvalue weighted by molar-refractivity contribution is -0.144. The minimum atomic E-state index is -1.64. The number of carbonyl (C=O) groups is 6. The van der Waals surface area contributed by atoms with Gasteiger partial charge in [0.05, 0.1) is 12.1 Å². The van der Waals surface area contributed by atoms with E-state index >= 15 is 0 Å².